The molecule has 0 saturated heterocycles. The van der Waals surface area contributed by atoms with E-state index in [1.807, 2.05) is 0 Å². The molecule has 142 valence electrons. The van der Waals surface area contributed by atoms with Crippen LogP contribution in [-0.2, 0) is 9.53 Å². The molecule has 0 unspecified atom stereocenters. The zero-order chi connectivity index (χ0) is 18.7. The molecule has 25 heavy (non-hydrogen) atoms. The van der Waals surface area contributed by atoms with E-state index in [2.05, 4.69) is 11.7 Å². The minimum absolute atomic E-state index is 0.208. The summed E-state index contributed by atoms with van der Waals surface area (Å²) in [6.45, 7) is 2.10. The number of rotatable bonds is 12. The zero-order valence-electron chi connectivity index (χ0n) is 15.1. The van der Waals surface area contributed by atoms with Gasteiger partial charge in [0.1, 0.15) is 11.9 Å². The summed E-state index contributed by atoms with van der Waals surface area (Å²) >= 11 is 0. The van der Waals surface area contributed by atoms with Crippen LogP contribution in [0.2, 0.25) is 0 Å². The van der Waals surface area contributed by atoms with Crippen LogP contribution < -0.4 is 0 Å². The molecule has 1 heterocycles. The maximum Gasteiger partial charge on any atom is 0.305 e. The standard InChI is InChI=1S/C19H30O6/c1-3-4-5-7-17(22)19-14(12-13-25-19)10-11-16(21)15(20)8-6-9-18(23)24-2/h10-13,15-17,20-22H,3-9H2,1-2H3/b11-10+/t15-,16+,17+/m0/s1. The highest BCUT2D eigenvalue weighted by molar-refractivity contribution is 5.69. The van der Waals surface area contributed by atoms with Crippen LogP contribution in [0.25, 0.3) is 6.08 Å². The Morgan fingerprint density at radius 2 is 2.00 bits per heavy atom. The van der Waals surface area contributed by atoms with Crippen molar-refractivity contribution in [2.75, 3.05) is 7.11 Å². The van der Waals surface area contributed by atoms with E-state index in [1.54, 1.807) is 12.1 Å². The van der Waals surface area contributed by atoms with Gasteiger partial charge in [-0.1, -0.05) is 38.3 Å². The second-order valence-electron chi connectivity index (χ2n) is 6.14. The number of furan rings is 1. The highest BCUT2D eigenvalue weighted by Crippen LogP contribution is 2.25. The summed E-state index contributed by atoms with van der Waals surface area (Å²) in [4.78, 5) is 11.0. The number of hydrogen-bond donors (Lipinski definition) is 3. The van der Waals surface area contributed by atoms with Crippen LogP contribution in [0.1, 0.15) is 69.3 Å². The largest absolute Gasteiger partial charge is 0.469 e. The van der Waals surface area contributed by atoms with Crippen molar-refractivity contribution in [3.8, 4) is 0 Å². The summed E-state index contributed by atoms with van der Waals surface area (Å²) < 4.78 is 9.89. The van der Waals surface area contributed by atoms with Gasteiger partial charge < -0.3 is 24.5 Å². The van der Waals surface area contributed by atoms with E-state index in [-0.39, 0.29) is 12.4 Å². The van der Waals surface area contributed by atoms with E-state index in [0.717, 1.165) is 19.3 Å². The smallest absolute Gasteiger partial charge is 0.305 e. The lowest BCUT2D eigenvalue weighted by Crippen LogP contribution is -2.23. The van der Waals surface area contributed by atoms with E-state index < -0.39 is 18.3 Å². The second-order valence-corrected chi connectivity index (χ2v) is 6.14. The number of ether oxygens (including phenoxy) is 1. The number of aliphatic hydroxyl groups is 3. The normalized spacial score (nSPS) is 15.2. The Labute approximate surface area is 149 Å². The van der Waals surface area contributed by atoms with Crippen LogP contribution in [0.15, 0.2) is 22.8 Å². The van der Waals surface area contributed by atoms with E-state index in [0.29, 0.717) is 30.6 Å². The topological polar surface area (TPSA) is 100 Å². The van der Waals surface area contributed by atoms with Gasteiger partial charge in [0.15, 0.2) is 0 Å². The number of hydrogen-bond acceptors (Lipinski definition) is 6. The molecule has 0 aromatic carbocycles. The predicted octanol–water partition coefficient (Wildman–Crippen LogP) is 2.97. The molecule has 3 atom stereocenters. The van der Waals surface area contributed by atoms with Gasteiger partial charge in [-0.3, -0.25) is 4.79 Å². The maximum atomic E-state index is 11.0. The van der Waals surface area contributed by atoms with Crippen LogP contribution >= 0.6 is 0 Å². The average molecular weight is 354 g/mol. The summed E-state index contributed by atoms with van der Waals surface area (Å²) in [6.07, 6.45) is 6.51. The summed E-state index contributed by atoms with van der Waals surface area (Å²) in [5.41, 5.74) is 0.685. The Hall–Kier alpha value is -1.63. The van der Waals surface area contributed by atoms with Crippen LogP contribution in [0.4, 0.5) is 0 Å². The van der Waals surface area contributed by atoms with Gasteiger partial charge in [-0.15, -0.1) is 0 Å². The molecule has 0 aliphatic rings. The first-order valence-electron chi connectivity index (χ1n) is 8.86. The molecule has 3 N–H and O–H groups in total. The van der Waals surface area contributed by atoms with Crippen molar-refractivity contribution < 1.29 is 29.3 Å². The lowest BCUT2D eigenvalue weighted by atomic mass is 10.0. The average Bonchev–Trinajstić information content (AvgIpc) is 3.08. The van der Waals surface area contributed by atoms with Gasteiger partial charge in [-0.2, -0.15) is 0 Å². The van der Waals surface area contributed by atoms with E-state index in [1.165, 1.54) is 19.4 Å². The molecule has 1 aromatic heterocycles. The Balaban J connectivity index is 2.51. The lowest BCUT2D eigenvalue weighted by Gasteiger charge is -2.14. The van der Waals surface area contributed by atoms with Gasteiger partial charge >= 0.3 is 5.97 Å². The molecule has 0 radical (unpaired) electrons. The third-order valence-corrected chi connectivity index (χ3v) is 4.09. The van der Waals surface area contributed by atoms with E-state index >= 15 is 0 Å². The van der Waals surface area contributed by atoms with Crippen molar-refractivity contribution in [1.29, 1.82) is 0 Å². The van der Waals surface area contributed by atoms with Crippen LogP contribution in [-0.4, -0.2) is 40.6 Å². The molecule has 0 aliphatic heterocycles. The Kier molecular flexibility index (Phi) is 10.1. The van der Waals surface area contributed by atoms with Crippen molar-refractivity contribution in [1.82, 2.24) is 0 Å². The number of esters is 1. The van der Waals surface area contributed by atoms with Crippen LogP contribution in [0.5, 0.6) is 0 Å². The maximum absolute atomic E-state index is 11.0. The molecular formula is C19H30O6. The summed E-state index contributed by atoms with van der Waals surface area (Å²) in [7, 11) is 1.32. The van der Waals surface area contributed by atoms with Crippen molar-refractivity contribution in [2.45, 2.75) is 70.2 Å². The van der Waals surface area contributed by atoms with Crippen LogP contribution in [0, 0.1) is 0 Å². The number of carbonyl (C=O) groups excluding carboxylic acids is 1. The Morgan fingerprint density at radius 1 is 1.24 bits per heavy atom. The van der Waals surface area contributed by atoms with E-state index in [4.69, 9.17) is 4.42 Å². The Morgan fingerprint density at radius 3 is 2.68 bits per heavy atom. The third-order valence-electron chi connectivity index (χ3n) is 4.09. The third kappa shape index (κ3) is 7.86. The molecule has 0 spiro atoms. The van der Waals surface area contributed by atoms with Gasteiger partial charge in [0.25, 0.3) is 0 Å². The number of aliphatic hydroxyl groups excluding tert-OH is 3. The quantitative estimate of drug-likeness (QED) is 0.394. The van der Waals surface area contributed by atoms with Crippen molar-refractivity contribution in [3.05, 3.63) is 29.7 Å². The van der Waals surface area contributed by atoms with Gasteiger partial charge in [0.2, 0.25) is 0 Å². The first-order chi connectivity index (χ1) is 12.0. The zero-order valence-corrected chi connectivity index (χ0v) is 15.1. The van der Waals surface area contributed by atoms with Gasteiger partial charge in [0.05, 0.1) is 25.6 Å². The number of methoxy groups -OCH3 is 1. The van der Waals surface area contributed by atoms with Gasteiger partial charge in [-0.25, -0.2) is 0 Å². The van der Waals surface area contributed by atoms with E-state index in [9.17, 15) is 20.1 Å². The lowest BCUT2D eigenvalue weighted by molar-refractivity contribution is -0.140. The van der Waals surface area contributed by atoms with Gasteiger partial charge in [0, 0.05) is 12.0 Å². The number of unbranched alkanes of at least 4 members (excludes halogenated alkanes) is 2. The molecule has 6 nitrogen and oxygen atoms in total. The number of carbonyl (C=O) groups is 1. The SMILES string of the molecule is CCCCC[C@@H](O)c1occc1/C=C/[C@@H](O)[C@@H](O)CCCC(=O)OC. The summed E-state index contributed by atoms with van der Waals surface area (Å²) in [5.74, 6) is 0.136. The van der Waals surface area contributed by atoms with Gasteiger partial charge in [-0.05, 0) is 25.3 Å². The molecule has 0 fully saturated rings. The highest BCUT2D eigenvalue weighted by Gasteiger charge is 2.17. The predicted molar refractivity (Wildman–Crippen MR) is 94.7 cm³/mol. The molecule has 0 aliphatic carbocycles. The van der Waals surface area contributed by atoms with Crippen molar-refractivity contribution >= 4 is 12.0 Å². The fourth-order valence-corrected chi connectivity index (χ4v) is 2.52. The Bertz CT molecular complexity index is 522. The molecule has 0 amide bonds. The minimum atomic E-state index is -1.06. The molecule has 0 saturated carbocycles. The summed E-state index contributed by atoms with van der Waals surface area (Å²) in [6, 6.07) is 1.71. The molecule has 1 aromatic rings. The molecule has 6 heteroatoms. The van der Waals surface area contributed by atoms with Crippen molar-refractivity contribution in [2.24, 2.45) is 0 Å². The second kappa shape index (κ2) is 11.8. The van der Waals surface area contributed by atoms with Crippen LogP contribution in [0.3, 0.4) is 0 Å². The minimum Gasteiger partial charge on any atom is -0.469 e. The fraction of sp³-hybridized carbons (Fsp3) is 0.632. The monoisotopic (exact) mass is 354 g/mol. The molecule has 0 bridgehead atoms. The molecular weight excluding hydrogens is 324 g/mol. The van der Waals surface area contributed by atoms with Crippen molar-refractivity contribution in [3.63, 3.8) is 0 Å². The fourth-order valence-electron chi connectivity index (χ4n) is 2.52. The first kappa shape index (κ1) is 21.4. The first-order valence-corrected chi connectivity index (χ1v) is 8.86. The molecule has 1 rings (SSSR count). The highest BCUT2D eigenvalue weighted by atomic mass is 16.5. The summed E-state index contributed by atoms with van der Waals surface area (Å²) in [5, 5.41) is 30.1.